The number of carboxylic acid groups (broad SMARTS) is 1. The molecule has 24 heavy (non-hydrogen) atoms. The Morgan fingerprint density at radius 3 is 2.58 bits per heavy atom. The first-order valence-electron chi connectivity index (χ1n) is 6.85. The maximum Gasteiger partial charge on any atom is 0.418 e. The number of nitrogen functional groups attached to an aromatic ring is 1. The normalized spacial score (nSPS) is 10.5. The van der Waals surface area contributed by atoms with E-state index in [4.69, 9.17) is 5.73 Å². The highest BCUT2D eigenvalue weighted by molar-refractivity contribution is 7.18. The Bertz CT molecular complexity index is 903. The molecule has 0 bridgehead atoms. The van der Waals surface area contributed by atoms with E-state index < -0.39 is 6.09 Å². The van der Waals surface area contributed by atoms with Gasteiger partial charge >= 0.3 is 6.09 Å². The van der Waals surface area contributed by atoms with Gasteiger partial charge in [0.05, 0.1) is 11.9 Å². The van der Waals surface area contributed by atoms with Crippen LogP contribution in [0.4, 0.5) is 21.4 Å². The van der Waals surface area contributed by atoms with E-state index in [0.29, 0.717) is 11.3 Å². The molecule has 3 aromatic rings. The second-order valence-electron chi connectivity index (χ2n) is 4.90. The first-order chi connectivity index (χ1) is 11.5. The average Bonchev–Trinajstić information content (AvgIpc) is 3.14. The summed E-state index contributed by atoms with van der Waals surface area (Å²) in [4.78, 5) is 29.3. The predicted octanol–water partition coefficient (Wildman–Crippen LogP) is 2.51. The van der Waals surface area contributed by atoms with Crippen molar-refractivity contribution in [2.75, 3.05) is 10.6 Å². The third-order valence-corrected chi connectivity index (χ3v) is 4.27. The maximum absolute atomic E-state index is 12.5. The molecule has 0 saturated carbocycles. The van der Waals surface area contributed by atoms with Crippen LogP contribution < -0.4 is 10.6 Å². The van der Waals surface area contributed by atoms with Gasteiger partial charge < -0.3 is 10.8 Å². The fourth-order valence-electron chi connectivity index (χ4n) is 2.13. The fraction of sp³-hybridized carbons (Fsp3) is 0.0667. The van der Waals surface area contributed by atoms with Crippen molar-refractivity contribution in [3.05, 3.63) is 53.2 Å². The monoisotopic (exact) mass is 343 g/mol. The summed E-state index contributed by atoms with van der Waals surface area (Å²) in [5.41, 5.74) is 6.62. The van der Waals surface area contributed by atoms with Gasteiger partial charge in [-0.2, -0.15) is 5.10 Å². The number of amides is 1. The number of carbonyl (C=O) groups excluding carboxylic acids is 1. The largest absolute Gasteiger partial charge is 0.464 e. The van der Waals surface area contributed by atoms with Crippen LogP contribution in [0.5, 0.6) is 0 Å². The standard InChI is InChI=1S/C15H13N5O3S/c1-19-8-10(7-17-19)20(15(22)23)14-18-13(16)12(24-14)11(21)9-5-3-2-4-6-9/h2-8H,16H2,1H3,(H,22,23). The quantitative estimate of drug-likeness (QED) is 0.703. The molecule has 9 heteroatoms. The molecule has 3 N–H and O–H groups in total. The van der Waals surface area contributed by atoms with Crippen LogP contribution in [0.25, 0.3) is 0 Å². The molecule has 0 atom stereocenters. The highest BCUT2D eigenvalue weighted by Gasteiger charge is 2.26. The molecule has 0 saturated heterocycles. The van der Waals surface area contributed by atoms with E-state index in [2.05, 4.69) is 10.1 Å². The van der Waals surface area contributed by atoms with Crippen LogP contribution in [-0.2, 0) is 7.05 Å². The minimum atomic E-state index is -1.24. The number of hydrogen-bond donors (Lipinski definition) is 2. The summed E-state index contributed by atoms with van der Waals surface area (Å²) < 4.78 is 1.47. The van der Waals surface area contributed by atoms with Crippen molar-refractivity contribution in [3.63, 3.8) is 0 Å². The van der Waals surface area contributed by atoms with Gasteiger partial charge in [-0.25, -0.2) is 14.7 Å². The third kappa shape index (κ3) is 2.84. The van der Waals surface area contributed by atoms with Crippen LogP contribution >= 0.6 is 11.3 Å². The van der Waals surface area contributed by atoms with Crippen molar-refractivity contribution in [1.29, 1.82) is 0 Å². The van der Waals surface area contributed by atoms with Crippen molar-refractivity contribution in [3.8, 4) is 0 Å². The van der Waals surface area contributed by atoms with Crippen LogP contribution in [0.2, 0.25) is 0 Å². The summed E-state index contributed by atoms with van der Waals surface area (Å²) >= 11 is 0.925. The Labute approximate surface area is 140 Å². The maximum atomic E-state index is 12.5. The Kier molecular flexibility index (Phi) is 4.00. The lowest BCUT2D eigenvalue weighted by molar-refractivity contribution is 0.104. The number of nitrogens with zero attached hydrogens (tertiary/aromatic N) is 4. The Morgan fingerprint density at radius 2 is 2.00 bits per heavy atom. The SMILES string of the molecule is Cn1cc(N(C(=O)O)c2nc(N)c(C(=O)c3ccccc3)s2)cn1. The summed E-state index contributed by atoms with van der Waals surface area (Å²) in [5, 5.41) is 13.5. The lowest BCUT2D eigenvalue weighted by Gasteiger charge is -2.12. The van der Waals surface area contributed by atoms with Crippen LogP contribution in [0.15, 0.2) is 42.7 Å². The number of aryl methyl sites for hydroxylation is 1. The topological polar surface area (TPSA) is 114 Å². The molecule has 0 fully saturated rings. The first kappa shape index (κ1) is 15.7. The van der Waals surface area contributed by atoms with E-state index in [1.54, 1.807) is 37.4 Å². The number of hydrogen-bond acceptors (Lipinski definition) is 6. The van der Waals surface area contributed by atoms with Gasteiger partial charge in [-0.05, 0) is 0 Å². The molecule has 8 nitrogen and oxygen atoms in total. The number of rotatable bonds is 4. The molecule has 2 heterocycles. The van der Waals surface area contributed by atoms with E-state index in [0.717, 1.165) is 16.2 Å². The van der Waals surface area contributed by atoms with Crippen molar-refractivity contribution in [1.82, 2.24) is 14.8 Å². The molecule has 1 aromatic carbocycles. The van der Waals surface area contributed by atoms with Crippen molar-refractivity contribution in [2.24, 2.45) is 7.05 Å². The number of aromatic nitrogens is 3. The van der Waals surface area contributed by atoms with E-state index in [1.165, 1.54) is 17.1 Å². The Balaban J connectivity index is 2.01. The number of thiazole rings is 1. The molecule has 0 unspecified atom stereocenters. The van der Waals surface area contributed by atoms with E-state index >= 15 is 0 Å². The van der Waals surface area contributed by atoms with Crippen molar-refractivity contribution < 1.29 is 14.7 Å². The van der Waals surface area contributed by atoms with Crippen LogP contribution in [0, 0.1) is 0 Å². The van der Waals surface area contributed by atoms with Crippen LogP contribution in [0.1, 0.15) is 15.2 Å². The van der Waals surface area contributed by atoms with E-state index in [1.807, 2.05) is 0 Å². The molecule has 1 amide bonds. The average molecular weight is 343 g/mol. The number of benzene rings is 1. The number of ketones is 1. The van der Waals surface area contributed by atoms with Crippen molar-refractivity contribution in [2.45, 2.75) is 0 Å². The molecular formula is C15H13N5O3S. The van der Waals surface area contributed by atoms with Gasteiger partial charge in [-0.3, -0.25) is 9.48 Å². The predicted molar refractivity (Wildman–Crippen MR) is 89.8 cm³/mol. The summed E-state index contributed by atoms with van der Waals surface area (Å²) in [7, 11) is 1.67. The molecule has 122 valence electrons. The molecule has 0 aliphatic heterocycles. The molecule has 0 aliphatic rings. The lowest BCUT2D eigenvalue weighted by atomic mass is 10.1. The van der Waals surface area contributed by atoms with Crippen LogP contribution in [-0.4, -0.2) is 31.7 Å². The highest BCUT2D eigenvalue weighted by Crippen LogP contribution is 2.34. The molecule has 0 spiro atoms. The van der Waals surface area contributed by atoms with E-state index in [9.17, 15) is 14.7 Å². The lowest BCUT2D eigenvalue weighted by Crippen LogP contribution is -2.23. The minimum Gasteiger partial charge on any atom is -0.464 e. The summed E-state index contributed by atoms with van der Waals surface area (Å²) in [6.07, 6.45) is 1.69. The van der Waals surface area contributed by atoms with Gasteiger partial charge in [0, 0.05) is 18.8 Å². The molecule has 3 rings (SSSR count). The molecule has 0 aliphatic carbocycles. The van der Waals surface area contributed by atoms with Crippen molar-refractivity contribution >= 4 is 39.9 Å². The Morgan fingerprint density at radius 1 is 1.29 bits per heavy atom. The first-order valence-corrected chi connectivity index (χ1v) is 7.66. The van der Waals surface area contributed by atoms with Gasteiger partial charge in [-0.15, -0.1) is 0 Å². The minimum absolute atomic E-state index is 0.000932. The second kappa shape index (κ2) is 6.13. The molecule has 0 radical (unpaired) electrons. The zero-order valence-electron chi connectivity index (χ0n) is 12.6. The third-order valence-electron chi connectivity index (χ3n) is 3.22. The number of carbonyl (C=O) groups is 2. The molecular weight excluding hydrogens is 330 g/mol. The summed E-state index contributed by atoms with van der Waals surface area (Å²) in [5.74, 6) is -0.299. The highest BCUT2D eigenvalue weighted by atomic mass is 32.1. The van der Waals surface area contributed by atoms with E-state index in [-0.39, 0.29) is 21.6 Å². The van der Waals surface area contributed by atoms with Gasteiger partial charge in [-0.1, -0.05) is 41.7 Å². The number of anilines is 3. The zero-order chi connectivity index (χ0) is 17.3. The second-order valence-corrected chi connectivity index (χ2v) is 5.87. The molecule has 2 aromatic heterocycles. The van der Waals surface area contributed by atoms with Gasteiger partial charge in [0.15, 0.2) is 0 Å². The summed E-state index contributed by atoms with van der Waals surface area (Å²) in [6, 6.07) is 8.61. The van der Waals surface area contributed by atoms with Gasteiger partial charge in [0.2, 0.25) is 10.9 Å². The zero-order valence-corrected chi connectivity index (χ0v) is 13.4. The van der Waals surface area contributed by atoms with Crippen LogP contribution in [0.3, 0.4) is 0 Å². The summed E-state index contributed by atoms with van der Waals surface area (Å²) in [6.45, 7) is 0. The number of nitrogens with two attached hydrogens (primary N) is 1. The smallest absolute Gasteiger partial charge is 0.418 e. The fourth-order valence-corrected chi connectivity index (χ4v) is 3.09. The van der Waals surface area contributed by atoms with Gasteiger partial charge in [0.1, 0.15) is 10.7 Å². The Hall–Kier alpha value is -3.20. The van der Waals surface area contributed by atoms with Gasteiger partial charge in [0.25, 0.3) is 0 Å².